The van der Waals surface area contributed by atoms with Crippen molar-refractivity contribution in [3.05, 3.63) is 0 Å². The van der Waals surface area contributed by atoms with Crippen molar-refractivity contribution in [3.63, 3.8) is 0 Å². The van der Waals surface area contributed by atoms with Crippen LogP contribution in [-0.2, 0) is 19.2 Å². The normalized spacial score (nSPS) is 16.1. The minimum atomic E-state index is 0.118. The van der Waals surface area contributed by atoms with Crippen LogP contribution < -0.4 is 21.3 Å². The zero-order valence-electron chi connectivity index (χ0n) is 58.9. The molecule has 1 aliphatic rings. The van der Waals surface area contributed by atoms with Gasteiger partial charge in [-0.3, -0.25) is 19.2 Å². The third-order valence-corrected chi connectivity index (χ3v) is 19.8. The van der Waals surface area contributed by atoms with Crippen molar-refractivity contribution >= 4 is 23.6 Å². The second-order valence-electron chi connectivity index (χ2n) is 29.0. The molecule has 0 aromatic heterocycles. The summed E-state index contributed by atoms with van der Waals surface area (Å²) in [6, 6.07) is 0. The maximum Gasteiger partial charge on any atom is 0.220 e. The summed E-state index contributed by atoms with van der Waals surface area (Å²) in [5.41, 5.74) is 0. The summed E-state index contributed by atoms with van der Waals surface area (Å²) in [5.74, 6) is 5.60. The molecule has 1 saturated carbocycles. The summed E-state index contributed by atoms with van der Waals surface area (Å²) in [4.78, 5) is 50.3. The number of nitrogens with one attached hydrogen (secondary N) is 4. The zero-order chi connectivity index (χ0) is 62.4. The van der Waals surface area contributed by atoms with Crippen LogP contribution in [-0.4, -0.2) is 49.8 Å². The molecule has 4 unspecified atom stereocenters. The summed E-state index contributed by atoms with van der Waals surface area (Å²) in [6.07, 6.45) is 73.5. The number of hydrogen-bond donors (Lipinski definition) is 4. The van der Waals surface area contributed by atoms with E-state index in [9.17, 15) is 19.2 Å². The molecule has 86 heavy (non-hydrogen) atoms. The Hall–Kier alpha value is -2.12. The molecule has 508 valence electrons. The van der Waals surface area contributed by atoms with Crippen LogP contribution >= 0.6 is 0 Å². The van der Waals surface area contributed by atoms with Gasteiger partial charge in [-0.1, -0.05) is 350 Å². The third kappa shape index (κ3) is 55.9. The second kappa shape index (κ2) is 63.0. The average molecular weight is 1210 g/mol. The summed E-state index contributed by atoms with van der Waals surface area (Å²) in [7, 11) is 0. The first-order valence-corrected chi connectivity index (χ1v) is 39.1. The second-order valence-corrected chi connectivity index (χ2v) is 29.0. The van der Waals surface area contributed by atoms with Gasteiger partial charge in [0.1, 0.15) is 0 Å². The van der Waals surface area contributed by atoms with Gasteiger partial charge in [0.15, 0.2) is 0 Å². The van der Waals surface area contributed by atoms with Crippen molar-refractivity contribution in [1.29, 1.82) is 0 Å². The lowest BCUT2D eigenvalue weighted by molar-refractivity contribution is -0.123. The number of carbonyl (C=O) groups is 4. The fourth-order valence-electron chi connectivity index (χ4n) is 14.2. The Balaban J connectivity index is 2.37. The molecular formula is C78H152N4O4. The minimum absolute atomic E-state index is 0.118. The average Bonchev–Trinajstić information content (AvgIpc) is 3.55. The molecule has 1 fully saturated rings. The standard InChI is InChI=1S/C78H152N4O4/c1-7-9-11-13-35-45-55-71-67-73(57-47-39-41-51-61-77(85)81-65-63-79-75(83)59-49-37-31-27-23-19-15-17-21-25-29-33-43-53-69(3)4)74(68-72(71)56-46-36-14-12-10-8-2)58-48-40-42-52-62-78(86)82-66-64-80-76(84)60-50-38-32-28-24-20-16-18-22-26-30-34-44-54-70(5)6/h69-74H,7-68H2,1-6H3,(H,79,83)(H,80,84)(H,81,85)(H,82,86). The van der Waals surface area contributed by atoms with Gasteiger partial charge in [-0.2, -0.15) is 0 Å². The predicted molar refractivity (Wildman–Crippen MR) is 375 cm³/mol. The van der Waals surface area contributed by atoms with E-state index in [1.165, 1.54) is 295 Å². The van der Waals surface area contributed by atoms with Crippen LogP contribution in [0.5, 0.6) is 0 Å². The molecule has 8 heteroatoms. The Morgan fingerprint density at radius 1 is 0.256 bits per heavy atom. The van der Waals surface area contributed by atoms with Crippen LogP contribution in [0.2, 0.25) is 0 Å². The molecule has 0 aliphatic heterocycles. The van der Waals surface area contributed by atoms with E-state index in [0.29, 0.717) is 51.9 Å². The van der Waals surface area contributed by atoms with Gasteiger partial charge in [0.05, 0.1) is 0 Å². The Morgan fingerprint density at radius 3 is 0.628 bits per heavy atom. The van der Waals surface area contributed by atoms with E-state index in [0.717, 1.165) is 86.9 Å². The van der Waals surface area contributed by atoms with E-state index in [1.54, 1.807) is 0 Å². The first-order valence-electron chi connectivity index (χ1n) is 39.1. The van der Waals surface area contributed by atoms with Gasteiger partial charge >= 0.3 is 0 Å². The molecule has 0 aromatic carbocycles. The highest BCUT2D eigenvalue weighted by Crippen LogP contribution is 2.46. The van der Waals surface area contributed by atoms with Crippen LogP contribution in [0.3, 0.4) is 0 Å². The molecule has 4 N–H and O–H groups in total. The highest BCUT2D eigenvalue weighted by atomic mass is 16.2. The molecule has 4 atom stereocenters. The fourth-order valence-corrected chi connectivity index (χ4v) is 14.2. The zero-order valence-corrected chi connectivity index (χ0v) is 58.9. The van der Waals surface area contributed by atoms with Crippen LogP contribution in [0.25, 0.3) is 0 Å². The van der Waals surface area contributed by atoms with Gasteiger partial charge in [0, 0.05) is 51.9 Å². The summed E-state index contributed by atoms with van der Waals surface area (Å²) in [6.45, 7) is 16.0. The molecule has 0 radical (unpaired) electrons. The van der Waals surface area contributed by atoms with E-state index in [1.807, 2.05) is 0 Å². The Bertz CT molecular complexity index is 1380. The monoisotopic (exact) mass is 1210 g/mol. The fraction of sp³-hybridized carbons (Fsp3) is 0.949. The first-order chi connectivity index (χ1) is 42.0. The lowest BCUT2D eigenvalue weighted by atomic mass is 9.63. The molecule has 0 heterocycles. The van der Waals surface area contributed by atoms with E-state index in [2.05, 4.69) is 62.8 Å². The van der Waals surface area contributed by atoms with Gasteiger partial charge in [-0.25, -0.2) is 0 Å². The lowest BCUT2D eigenvalue weighted by Gasteiger charge is -2.42. The number of rotatable bonds is 66. The molecule has 1 rings (SSSR count). The first kappa shape index (κ1) is 81.9. The quantitative estimate of drug-likeness (QED) is 0.0454. The Morgan fingerprint density at radius 2 is 0.430 bits per heavy atom. The molecule has 4 amide bonds. The van der Waals surface area contributed by atoms with Crippen LogP contribution in [0, 0.1) is 35.5 Å². The maximum atomic E-state index is 12.7. The predicted octanol–water partition coefficient (Wildman–Crippen LogP) is 22.9. The molecule has 1 aliphatic carbocycles. The van der Waals surface area contributed by atoms with Gasteiger partial charge in [-0.15, -0.1) is 0 Å². The van der Waals surface area contributed by atoms with E-state index < -0.39 is 0 Å². The van der Waals surface area contributed by atoms with Gasteiger partial charge < -0.3 is 21.3 Å². The van der Waals surface area contributed by atoms with Crippen molar-refractivity contribution in [2.24, 2.45) is 35.5 Å². The van der Waals surface area contributed by atoms with E-state index >= 15 is 0 Å². The number of hydrogen-bond acceptors (Lipinski definition) is 4. The lowest BCUT2D eigenvalue weighted by Crippen LogP contribution is -2.34. The third-order valence-electron chi connectivity index (χ3n) is 19.8. The smallest absolute Gasteiger partial charge is 0.220 e. The van der Waals surface area contributed by atoms with E-state index in [4.69, 9.17) is 0 Å². The largest absolute Gasteiger partial charge is 0.354 e. The molecule has 0 bridgehead atoms. The molecule has 8 nitrogen and oxygen atoms in total. The Kier molecular flexibility index (Phi) is 60.0. The minimum Gasteiger partial charge on any atom is -0.354 e. The topological polar surface area (TPSA) is 116 Å². The van der Waals surface area contributed by atoms with Crippen LogP contribution in [0.15, 0.2) is 0 Å². The number of carbonyl (C=O) groups excluding carboxylic acids is 4. The number of unbranched alkanes of at least 4 members (excludes halogenated alkanes) is 40. The van der Waals surface area contributed by atoms with Crippen LogP contribution in [0.1, 0.15) is 414 Å². The molecular weight excluding hydrogens is 1060 g/mol. The highest BCUT2D eigenvalue weighted by molar-refractivity contribution is 5.77. The summed E-state index contributed by atoms with van der Waals surface area (Å²) >= 11 is 0. The van der Waals surface area contributed by atoms with Crippen molar-refractivity contribution < 1.29 is 19.2 Å². The molecule has 0 saturated heterocycles. The molecule has 0 spiro atoms. The van der Waals surface area contributed by atoms with Crippen molar-refractivity contribution in [3.8, 4) is 0 Å². The number of amides is 4. The summed E-state index contributed by atoms with van der Waals surface area (Å²) in [5, 5.41) is 12.2. The van der Waals surface area contributed by atoms with Gasteiger partial charge in [-0.05, 0) is 74.0 Å². The van der Waals surface area contributed by atoms with Gasteiger partial charge in [0.25, 0.3) is 0 Å². The maximum absolute atomic E-state index is 12.7. The van der Waals surface area contributed by atoms with Crippen molar-refractivity contribution in [2.75, 3.05) is 26.2 Å². The summed E-state index contributed by atoms with van der Waals surface area (Å²) < 4.78 is 0. The van der Waals surface area contributed by atoms with E-state index in [-0.39, 0.29) is 23.6 Å². The SMILES string of the molecule is CCCCCCCCC1CC(CCCCCCC(=O)NCCNC(=O)CCCCCCCCCCCCCCCC(C)C)C(CCCCCCC(=O)NCCNC(=O)CCCCCCCCCCCCCCCC(C)C)CC1CCCCCCCC. The van der Waals surface area contributed by atoms with Crippen molar-refractivity contribution in [2.45, 2.75) is 414 Å². The van der Waals surface area contributed by atoms with Crippen molar-refractivity contribution in [1.82, 2.24) is 21.3 Å². The van der Waals surface area contributed by atoms with Crippen LogP contribution in [0.4, 0.5) is 0 Å². The highest BCUT2D eigenvalue weighted by Gasteiger charge is 2.36. The van der Waals surface area contributed by atoms with Gasteiger partial charge in [0.2, 0.25) is 23.6 Å². The Labute approximate surface area is 537 Å². The molecule has 0 aromatic rings.